The summed E-state index contributed by atoms with van der Waals surface area (Å²) >= 11 is 3.50. The van der Waals surface area contributed by atoms with E-state index in [0.29, 0.717) is 11.3 Å². The summed E-state index contributed by atoms with van der Waals surface area (Å²) in [6, 6.07) is 4.08. The summed E-state index contributed by atoms with van der Waals surface area (Å²) in [5, 5.41) is 7.62. The molecule has 136 valence electrons. The van der Waals surface area contributed by atoms with Crippen LogP contribution in [0.2, 0.25) is 0 Å². The lowest BCUT2D eigenvalue weighted by atomic mass is 9.69. The molecule has 6 heteroatoms. The molecule has 4 rings (SSSR count). The molecule has 0 bridgehead atoms. The van der Waals surface area contributed by atoms with E-state index < -0.39 is 0 Å². The van der Waals surface area contributed by atoms with Gasteiger partial charge in [0.05, 0.1) is 11.6 Å². The Morgan fingerprint density at radius 3 is 3.04 bits per heavy atom. The molecule has 3 aromatic rings. The van der Waals surface area contributed by atoms with Gasteiger partial charge < -0.3 is 0 Å². The third-order valence-corrected chi connectivity index (χ3v) is 7.77. The van der Waals surface area contributed by atoms with Crippen molar-refractivity contribution in [2.45, 2.75) is 46.5 Å². The van der Waals surface area contributed by atoms with Gasteiger partial charge in [0, 0.05) is 9.75 Å². The molecular weight excluding hydrogens is 360 g/mol. The summed E-state index contributed by atoms with van der Waals surface area (Å²) in [6.45, 7) is 7.10. The van der Waals surface area contributed by atoms with Gasteiger partial charge in [0.1, 0.15) is 11.2 Å². The molecule has 1 atom stereocenters. The van der Waals surface area contributed by atoms with E-state index in [2.05, 4.69) is 52.7 Å². The molecule has 3 heterocycles. The average molecular weight is 385 g/mol. The molecule has 0 aromatic carbocycles. The van der Waals surface area contributed by atoms with Crippen LogP contribution in [-0.4, -0.2) is 16.2 Å². The fourth-order valence-corrected chi connectivity index (χ4v) is 5.44. The lowest BCUT2D eigenvalue weighted by Gasteiger charge is -2.36. The Bertz CT molecular complexity index is 925. The Balaban J connectivity index is 1.67. The van der Waals surface area contributed by atoms with Crippen molar-refractivity contribution in [3.8, 4) is 0 Å². The highest BCUT2D eigenvalue weighted by Gasteiger charge is 2.33. The summed E-state index contributed by atoms with van der Waals surface area (Å²) in [6.07, 6.45) is 8.24. The SMILES string of the molecule is CCC(C)(C)[C@H]1CCc2sc3ncnc(N/N=C\c4cccs4)c3c2C1. The van der Waals surface area contributed by atoms with E-state index in [4.69, 9.17) is 0 Å². The molecule has 0 unspecified atom stereocenters. The Kier molecular flexibility index (Phi) is 4.80. The fourth-order valence-electron chi connectivity index (χ4n) is 3.67. The van der Waals surface area contributed by atoms with Gasteiger partial charge in [-0.3, -0.25) is 5.43 Å². The van der Waals surface area contributed by atoms with Crippen LogP contribution in [0, 0.1) is 11.3 Å². The number of hydrazone groups is 1. The first kappa shape index (κ1) is 17.6. The van der Waals surface area contributed by atoms with E-state index in [0.717, 1.165) is 28.4 Å². The highest BCUT2D eigenvalue weighted by molar-refractivity contribution is 7.19. The standard InChI is InChI=1S/C20H24N4S2/c1-4-20(2,3)13-7-8-16-15(10-13)17-18(21-12-22-19(17)26-16)24-23-11-14-6-5-9-25-14/h5-6,9,11-13H,4,7-8,10H2,1-3H3,(H,21,22,24)/b23-11-/t13-/m0/s1. The smallest absolute Gasteiger partial charge is 0.158 e. The number of nitrogens with zero attached hydrogens (tertiary/aromatic N) is 3. The largest absolute Gasteiger partial charge is 0.261 e. The first-order valence-corrected chi connectivity index (χ1v) is 10.9. The van der Waals surface area contributed by atoms with Gasteiger partial charge in [-0.2, -0.15) is 5.10 Å². The lowest BCUT2D eigenvalue weighted by Crippen LogP contribution is -2.28. The van der Waals surface area contributed by atoms with Crippen LogP contribution in [0.3, 0.4) is 0 Å². The summed E-state index contributed by atoms with van der Waals surface area (Å²) in [4.78, 5) is 12.7. The number of thiophene rings is 2. The van der Waals surface area contributed by atoms with E-state index in [1.807, 2.05) is 23.6 Å². The van der Waals surface area contributed by atoms with Crippen LogP contribution < -0.4 is 5.43 Å². The topological polar surface area (TPSA) is 50.2 Å². The predicted molar refractivity (Wildman–Crippen MR) is 113 cm³/mol. The summed E-state index contributed by atoms with van der Waals surface area (Å²) < 4.78 is 0. The van der Waals surface area contributed by atoms with Gasteiger partial charge in [0.25, 0.3) is 0 Å². The third-order valence-electron chi connectivity index (χ3n) is 5.76. The zero-order valence-corrected chi connectivity index (χ0v) is 17.1. The molecule has 0 fully saturated rings. The molecule has 1 N–H and O–H groups in total. The van der Waals surface area contributed by atoms with Gasteiger partial charge >= 0.3 is 0 Å². The first-order chi connectivity index (χ1) is 12.6. The quantitative estimate of drug-likeness (QED) is 0.451. The first-order valence-electron chi connectivity index (χ1n) is 9.16. The monoisotopic (exact) mass is 384 g/mol. The van der Waals surface area contributed by atoms with Crippen molar-refractivity contribution in [1.82, 2.24) is 9.97 Å². The number of hydrogen-bond donors (Lipinski definition) is 1. The minimum Gasteiger partial charge on any atom is -0.261 e. The van der Waals surface area contributed by atoms with Gasteiger partial charge in [-0.25, -0.2) is 9.97 Å². The average Bonchev–Trinajstić information content (AvgIpc) is 3.28. The number of anilines is 1. The van der Waals surface area contributed by atoms with Crippen molar-refractivity contribution in [2.24, 2.45) is 16.4 Å². The molecule has 0 aliphatic heterocycles. The van der Waals surface area contributed by atoms with E-state index >= 15 is 0 Å². The summed E-state index contributed by atoms with van der Waals surface area (Å²) in [5.41, 5.74) is 4.97. The molecule has 0 radical (unpaired) electrons. The Morgan fingerprint density at radius 2 is 2.27 bits per heavy atom. The lowest BCUT2D eigenvalue weighted by molar-refractivity contribution is 0.184. The van der Waals surface area contributed by atoms with Gasteiger partial charge in [0.15, 0.2) is 5.82 Å². The molecule has 1 aliphatic rings. The molecule has 3 aromatic heterocycles. The van der Waals surface area contributed by atoms with Crippen molar-refractivity contribution in [2.75, 3.05) is 5.43 Å². The van der Waals surface area contributed by atoms with Crippen LogP contribution in [-0.2, 0) is 12.8 Å². The van der Waals surface area contributed by atoms with Crippen LogP contribution in [0.1, 0.15) is 48.9 Å². The second-order valence-corrected chi connectivity index (χ2v) is 9.64. The molecule has 26 heavy (non-hydrogen) atoms. The molecule has 0 saturated carbocycles. The Hall–Kier alpha value is -1.79. The minimum absolute atomic E-state index is 0.368. The molecule has 0 saturated heterocycles. The highest BCUT2D eigenvalue weighted by atomic mass is 32.1. The Labute approximate surface area is 162 Å². The van der Waals surface area contributed by atoms with Crippen molar-refractivity contribution in [3.63, 3.8) is 0 Å². The van der Waals surface area contributed by atoms with Crippen molar-refractivity contribution >= 4 is 44.9 Å². The normalized spacial score (nSPS) is 17.7. The van der Waals surface area contributed by atoms with Crippen LogP contribution in [0.15, 0.2) is 28.9 Å². The second kappa shape index (κ2) is 7.08. The van der Waals surface area contributed by atoms with Gasteiger partial charge in [-0.15, -0.1) is 22.7 Å². The minimum atomic E-state index is 0.368. The fraction of sp³-hybridized carbons (Fsp3) is 0.450. The van der Waals surface area contributed by atoms with Crippen molar-refractivity contribution in [3.05, 3.63) is 39.2 Å². The van der Waals surface area contributed by atoms with E-state index in [1.54, 1.807) is 17.7 Å². The summed E-state index contributed by atoms with van der Waals surface area (Å²) in [7, 11) is 0. The Morgan fingerprint density at radius 1 is 1.38 bits per heavy atom. The van der Waals surface area contributed by atoms with E-state index in [-0.39, 0.29) is 0 Å². The third kappa shape index (κ3) is 3.28. The van der Waals surface area contributed by atoms with E-state index in [1.165, 1.54) is 28.7 Å². The second-order valence-electron chi connectivity index (χ2n) is 7.57. The number of aryl methyl sites for hydroxylation is 1. The molecule has 0 spiro atoms. The van der Waals surface area contributed by atoms with Gasteiger partial charge in [-0.05, 0) is 47.6 Å². The number of fused-ring (bicyclic) bond motifs is 3. The van der Waals surface area contributed by atoms with E-state index in [9.17, 15) is 0 Å². The number of hydrogen-bond acceptors (Lipinski definition) is 6. The highest BCUT2D eigenvalue weighted by Crippen LogP contribution is 2.45. The molecule has 1 aliphatic carbocycles. The maximum atomic E-state index is 4.53. The number of aromatic nitrogens is 2. The van der Waals surface area contributed by atoms with Gasteiger partial charge in [0.2, 0.25) is 0 Å². The zero-order valence-electron chi connectivity index (χ0n) is 15.5. The molecule has 0 amide bonds. The van der Waals surface area contributed by atoms with Crippen LogP contribution in [0.5, 0.6) is 0 Å². The predicted octanol–water partition coefficient (Wildman–Crippen LogP) is 5.74. The molecule has 4 nitrogen and oxygen atoms in total. The summed E-state index contributed by atoms with van der Waals surface area (Å²) in [5.74, 6) is 1.54. The number of nitrogens with one attached hydrogen (secondary N) is 1. The number of rotatable bonds is 5. The van der Waals surface area contributed by atoms with Gasteiger partial charge in [-0.1, -0.05) is 33.3 Å². The molecular formula is C20H24N4S2. The van der Waals surface area contributed by atoms with Crippen LogP contribution in [0.25, 0.3) is 10.2 Å². The van der Waals surface area contributed by atoms with Crippen molar-refractivity contribution < 1.29 is 0 Å². The maximum Gasteiger partial charge on any atom is 0.158 e. The van der Waals surface area contributed by atoms with Crippen LogP contribution in [0.4, 0.5) is 5.82 Å². The maximum absolute atomic E-state index is 4.53. The zero-order chi connectivity index (χ0) is 18.1. The van der Waals surface area contributed by atoms with Crippen LogP contribution >= 0.6 is 22.7 Å². The van der Waals surface area contributed by atoms with Crippen molar-refractivity contribution in [1.29, 1.82) is 0 Å².